The molecule has 1 nitrogen and oxygen atoms in total. The Morgan fingerprint density at radius 1 is 0.268 bits per heavy atom. The number of hydrogen-bond donors (Lipinski definition) is 0. The first-order chi connectivity index (χ1) is 27.7. The molecule has 1 aliphatic heterocycles. The Labute approximate surface area is 327 Å². The molecule has 0 saturated heterocycles. The quantitative estimate of drug-likeness (QED) is 0.162. The lowest BCUT2D eigenvalue weighted by atomic mass is 9.89. The molecule has 0 spiro atoms. The maximum atomic E-state index is 2.54. The van der Waals surface area contributed by atoms with Crippen molar-refractivity contribution in [3.8, 4) is 77.9 Å². The van der Waals surface area contributed by atoms with E-state index in [2.05, 4.69) is 217 Å². The topological polar surface area (TPSA) is 4.93 Å². The second-order valence-electron chi connectivity index (χ2n) is 15.0. The van der Waals surface area contributed by atoms with Crippen LogP contribution in [-0.2, 0) is 6.54 Å². The zero-order chi connectivity index (χ0) is 37.0. The molecule has 0 unspecified atom stereocenters. The van der Waals surface area contributed by atoms with Crippen molar-refractivity contribution in [3.63, 3.8) is 0 Å². The van der Waals surface area contributed by atoms with Crippen LogP contribution in [0.1, 0.15) is 5.56 Å². The molecule has 1 heteroatoms. The summed E-state index contributed by atoms with van der Waals surface area (Å²) in [7, 11) is 0. The third-order valence-electron chi connectivity index (χ3n) is 11.6. The van der Waals surface area contributed by atoms with E-state index in [-0.39, 0.29) is 0 Å². The molecule has 0 radical (unpaired) electrons. The maximum Gasteiger partial charge on any atom is 0.0574 e. The number of benzene rings is 9. The van der Waals surface area contributed by atoms with Gasteiger partial charge in [-0.05, 0) is 139 Å². The van der Waals surface area contributed by atoms with Gasteiger partial charge in [0.25, 0.3) is 0 Å². The van der Waals surface area contributed by atoms with Gasteiger partial charge >= 0.3 is 0 Å². The van der Waals surface area contributed by atoms with Crippen LogP contribution in [0.4, 0.5) is 0 Å². The first kappa shape index (κ1) is 32.2. The third kappa shape index (κ3) is 5.56. The summed E-state index contributed by atoms with van der Waals surface area (Å²) in [6.45, 7) is 0.852. The average Bonchev–Trinajstić information content (AvgIpc) is 3.60. The van der Waals surface area contributed by atoms with E-state index in [9.17, 15) is 0 Å². The van der Waals surface area contributed by atoms with Gasteiger partial charge in [-0.1, -0.05) is 152 Å². The van der Waals surface area contributed by atoms with Gasteiger partial charge in [0.15, 0.2) is 0 Å². The van der Waals surface area contributed by atoms with E-state index in [1.54, 1.807) is 0 Å². The Morgan fingerprint density at radius 2 is 0.661 bits per heavy atom. The van der Waals surface area contributed by atoms with E-state index in [4.69, 9.17) is 0 Å². The standard InChI is InChI=1S/C55H37N/c1-5-15-37(16-6-1)43-27-44(38-17-7-2-8-18-38)30-47(29-43)41-25-26-54-51(33-41)53-35-49(34-52-50-24-14-13-23-42(50)36-56(54)55(52)53)48-31-45(39-19-9-3-10-20-39)28-46(32-48)40-21-11-4-12-22-40/h1-35H,36H2. The van der Waals surface area contributed by atoms with Crippen LogP contribution in [0.15, 0.2) is 212 Å². The molecule has 9 aromatic carbocycles. The molecule has 0 aliphatic carbocycles. The van der Waals surface area contributed by atoms with Gasteiger partial charge in [-0.2, -0.15) is 0 Å². The Hall–Kier alpha value is -7.22. The van der Waals surface area contributed by atoms with E-state index in [0.29, 0.717) is 0 Å². The summed E-state index contributed by atoms with van der Waals surface area (Å²) in [5.74, 6) is 0. The summed E-state index contributed by atoms with van der Waals surface area (Å²) in [6, 6.07) is 78.1. The first-order valence-electron chi connectivity index (χ1n) is 19.4. The van der Waals surface area contributed by atoms with E-state index < -0.39 is 0 Å². The fraction of sp³-hybridized carbons (Fsp3) is 0.0182. The minimum Gasteiger partial charge on any atom is -0.335 e. The second kappa shape index (κ2) is 13.3. The molecule has 1 aromatic heterocycles. The predicted octanol–water partition coefficient (Wildman–Crippen LogP) is 14.8. The first-order valence-corrected chi connectivity index (χ1v) is 19.4. The van der Waals surface area contributed by atoms with Gasteiger partial charge in [-0.3, -0.25) is 0 Å². The summed E-state index contributed by atoms with van der Waals surface area (Å²) in [6.07, 6.45) is 0. The number of fused-ring (bicyclic) bond motifs is 5. The van der Waals surface area contributed by atoms with Gasteiger partial charge in [-0.15, -0.1) is 0 Å². The van der Waals surface area contributed by atoms with Crippen LogP contribution in [0.2, 0.25) is 0 Å². The van der Waals surface area contributed by atoms with Gasteiger partial charge in [0.1, 0.15) is 0 Å². The molecule has 0 atom stereocenters. The SMILES string of the molecule is c1ccc(-c2cc(-c3ccccc3)cc(-c3ccc4c(c3)c3cc(-c5cc(-c6ccccc6)cc(-c6ccccc6)c5)cc5c3n4Cc3ccccc3-5)c2)cc1. The van der Waals surface area contributed by atoms with Crippen molar-refractivity contribution in [2.75, 3.05) is 0 Å². The largest absolute Gasteiger partial charge is 0.335 e. The minimum atomic E-state index is 0.852. The van der Waals surface area contributed by atoms with Gasteiger partial charge < -0.3 is 4.57 Å². The Balaban J connectivity index is 1.16. The number of nitrogens with zero attached hydrogens (tertiary/aromatic N) is 1. The van der Waals surface area contributed by atoms with Crippen LogP contribution in [0.3, 0.4) is 0 Å². The van der Waals surface area contributed by atoms with Gasteiger partial charge in [0.2, 0.25) is 0 Å². The van der Waals surface area contributed by atoms with Crippen molar-refractivity contribution in [3.05, 3.63) is 218 Å². The molecule has 262 valence electrons. The summed E-state index contributed by atoms with van der Waals surface area (Å²) in [5.41, 5.74) is 21.1. The second-order valence-corrected chi connectivity index (χ2v) is 15.0. The monoisotopic (exact) mass is 711 g/mol. The lowest BCUT2D eigenvalue weighted by molar-refractivity contribution is 0.860. The van der Waals surface area contributed by atoms with Crippen molar-refractivity contribution in [2.24, 2.45) is 0 Å². The highest BCUT2D eigenvalue weighted by Gasteiger charge is 2.24. The van der Waals surface area contributed by atoms with E-state index >= 15 is 0 Å². The van der Waals surface area contributed by atoms with Gasteiger partial charge in [-0.25, -0.2) is 0 Å². The highest BCUT2D eigenvalue weighted by Crippen LogP contribution is 2.46. The smallest absolute Gasteiger partial charge is 0.0574 e. The van der Waals surface area contributed by atoms with Gasteiger partial charge in [0, 0.05) is 28.4 Å². The molecule has 0 bridgehead atoms. The molecule has 10 aromatic rings. The Bertz CT molecular complexity index is 2950. The van der Waals surface area contributed by atoms with E-state index in [0.717, 1.165) is 6.54 Å². The Morgan fingerprint density at radius 3 is 1.16 bits per heavy atom. The molecule has 1 aliphatic rings. The van der Waals surface area contributed by atoms with Crippen LogP contribution in [0.5, 0.6) is 0 Å². The van der Waals surface area contributed by atoms with E-state index in [1.807, 2.05) is 0 Å². The van der Waals surface area contributed by atoms with Crippen molar-refractivity contribution in [1.29, 1.82) is 0 Å². The molecule has 0 N–H and O–H groups in total. The Kier molecular flexibility index (Phi) is 7.64. The summed E-state index contributed by atoms with van der Waals surface area (Å²) in [5, 5.41) is 2.57. The molecular formula is C55H37N. The molecule has 11 rings (SSSR count). The average molecular weight is 712 g/mol. The zero-order valence-electron chi connectivity index (χ0n) is 30.9. The normalized spacial score (nSPS) is 11.9. The minimum absolute atomic E-state index is 0.852. The molecular weight excluding hydrogens is 675 g/mol. The predicted molar refractivity (Wildman–Crippen MR) is 237 cm³/mol. The molecule has 0 saturated carbocycles. The highest BCUT2D eigenvalue weighted by molar-refractivity contribution is 6.16. The van der Waals surface area contributed by atoms with Crippen LogP contribution in [0, 0.1) is 0 Å². The third-order valence-corrected chi connectivity index (χ3v) is 11.6. The summed E-state index contributed by atoms with van der Waals surface area (Å²) >= 11 is 0. The lowest BCUT2D eigenvalue weighted by Crippen LogP contribution is -2.07. The fourth-order valence-corrected chi connectivity index (χ4v) is 8.82. The molecule has 0 fully saturated rings. The highest BCUT2D eigenvalue weighted by atomic mass is 15.0. The summed E-state index contributed by atoms with van der Waals surface area (Å²) in [4.78, 5) is 0. The number of hydrogen-bond acceptors (Lipinski definition) is 0. The van der Waals surface area contributed by atoms with Crippen LogP contribution in [0.25, 0.3) is 99.7 Å². The zero-order valence-corrected chi connectivity index (χ0v) is 30.9. The molecule has 0 amide bonds. The van der Waals surface area contributed by atoms with Crippen LogP contribution >= 0.6 is 0 Å². The van der Waals surface area contributed by atoms with Crippen LogP contribution < -0.4 is 0 Å². The fourth-order valence-electron chi connectivity index (χ4n) is 8.82. The summed E-state index contributed by atoms with van der Waals surface area (Å²) < 4.78 is 2.54. The van der Waals surface area contributed by atoms with Crippen molar-refractivity contribution in [2.45, 2.75) is 6.54 Å². The number of rotatable bonds is 6. The lowest BCUT2D eigenvalue weighted by Gasteiger charge is -2.21. The molecule has 56 heavy (non-hydrogen) atoms. The van der Waals surface area contributed by atoms with Crippen LogP contribution in [-0.4, -0.2) is 4.57 Å². The van der Waals surface area contributed by atoms with Crippen molar-refractivity contribution < 1.29 is 0 Å². The molecule has 2 heterocycles. The van der Waals surface area contributed by atoms with Crippen molar-refractivity contribution >= 4 is 21.8 Å². The van der Waals surface area contributed by atoms with Gasteiger partial charge in [0.05, 0.1) is 5.52 Å². The number of aromatic nitrogens is 1. The maximum absolute atomic E-state index is 2.54. The van der Waals surface area contributed by atoms with E-state index in [1.165, 1.54) is 105 Å². The van der Waals surface area contributed by atoms with Crippen molar-refractivity contribution in [1.82, 2.24) is 4.57 Å².